The molecule has 4 heteroatoms. The zero-order valence-electron chi connectivity index (χ0n) is 8.10. The van der Waals surface area contributed by atoms with Crippen LogP contribution in [0, 0.1) is 20.5 Å². The Morgan fingerprint density at radius 2 is 1.67 bits per heavy atom. The molecule has 0 radical (unpaired) electrons. The summed E-state index contributed by atoms with van der Waals surface area (Å²) in [5, 5.41) is 17.5. The molecule has 1 aromatic rings. The molecule has 0 aromatic heterocycles. The fourth-order valence-electron chi connectivity index (χ4n) is 1.08. The van der Waals surface area contributed by atoms with E-state index in [1.54, 1.807) is 0 Å². The second kappa shape index (κ2) is 6.46. The summed E-state index contributed by atoms with van der Waals surface area (Å²) in [4.78, 5) is 4.39. The average Bonchev–Trinajstić information content (AvgIpc) is 2.27. The molecule has 0 aliphatic carbocycles. The third-order valence-corrected chi connectivity index (χ3v) is 5.38. The fourth-order valence-corrected chi connectivity index (χ4v) is 3.75. The molecule has 0 heterocycles. The first-order chi connectivity index (χ1) is 7.29. The topological polar surface area (TPSA) is 47.6 Å². The number of benzene rings is 1. The zero-order chi connectivity index (χ0) is 11.1. The predicted octanol–water partition coefficient (Wildman–Crippen LogP) is 1.75. The molecule has 0 amide bonds. The SMILES string of the molecule is CC([Se]C#N)=C([Se]C#N)c1ccccc1. The molecule has 2 nitrogen and oxygen atoms in total. The van der Waals surface area contributed by atoms with E-state index in [1.165, 1.54) is 0 Å². The predicted molar refractivity (Wildman–Crippen MR) is 61.8 cm³/mol. The molecule has 0 spiro atoms. The standard InChI is InChI=1S/C11H8N2Se2/c1-9(14-7-12)11(15-8-13)10-5-3-2-4-6-10/h2-6H,1H3. The van der Waals surface area contributed by atoms with Gasteiger partial charge in [-0.15, -0.1) is 0 Å². The Hall–Kier alpha value is -1.02. The van der Waals surface area contributed by atoms with Crippen LogP contribution in [0.2, 0.25) is 0 Å². The molecule has 1 aromatic carbocycles. The first-order valence-corrected chi connectivity index (χ1v) is 7.60. The number of nitrogens with zero attached hydrogens (tertiary/aromatic N) is 2. The van der Waals surface area contributed by atoms with Crippen LogP contribution in [0.3, 0.4) is 0 Å². The van der Waals surface area contributed by atoms with E-state index in [2.05, 4.69) is 9.94 Å². The third-order valence-electron chi connectivity index (χ3n) is 1.70. The molecule has 0 atom stereocenters. The number of allylic oxidation sites excluding steroid dienone is 1. The van der Waals surface area contributed by atoms with Gasteiger partial charge in [0.1, 0.15) is 0 Å². The Morgan fingerprint density at radius 1 is 1.07 bits per heavy atom. The molecule has 74 valence electrons. The first kappa shape index (κ1) is 12.1. The third kappa shape index (κ3) is 3.55. The summed E-state index contributed by atoms with van der Waals surface area (Å²) in [6.07, 6.45) is 0. The van der Waals surface area contributed by atoms with E-state index in [1.807, 2.05) is 37.3 Å². The van der Waals surface area contributed by atoms with Crippen LogP contribution < -0.4 is 0 Å². The molecule has 15 heavy (non-hydrogen) atoms. The zero-order valence-corrected chi connectivity index (χ0v) is 11.5. The van der Waals surface area contributed by atoms with Crippen molar-refractivity contribution in [3.63, 3.8) is 0 Å². The Kier molecular flexibility index (Phi) is 5.19. The minimum atomic E-state index is -0.190. The average molecular weight is 326 g/mol. The van der Waals surface area contributed by atoms with E-state index in [0.717, 1.165) is 14.5 Å². The van der Waals surface area contributed by atoms with Crippen molar-refractivity contribution >= 4 is 34.4 Å². The van der Waals surface area contributed by atoms with Gasteiger partial charge in [0.05, 0.1) is 0 Å². The van der Waals surface area contributed by atoms with Crippen molar-refractivity contribution in [3.8, 4) is 9.94 Å². The van der Waals surface area contributed by atoms with Gasteiger partial charge in [-0.1, -0.05) is 0 Å². The molecular weight excluding hydrogens is 318 g/mol. The van der Waals surface area contributed by atoms with Crippen molar-refractivity contribution < 1.29 is 0 Å². The van der Waals surface area contributed by atoms with Crippen LogP contribution in [0.5, 0.6) is 0 Å². The van der Waals surface area contributed by atoms with Gasteiger partial charge in [0.2, 0.25) is 0 Å². The molecule has 0 aliphatic heterocycles. The van der Waals surface area contributed by atoms with Crippen LogP contribution in [0.25, 0.3) is 4.47 Å². The van der Waals surface area contributed by atoms with Gasteiger partial charge < -0.3 is 0 Å². The van der Waals surface area contributed by atoms with E-state index in [-0.39, 0.29) is 29.9 Å². The molecule has 0 fully saturated rings. The normalized spacial score (nSPS) is 11.1. The molecule has 1 rings (SSSR count). The second-order valence-electron chi connectivity index (χ2n) is 2.64. The number of rotatable bonds is 3. The summed E-state index contributed by atoms with van der Waals surface area (Å²) in [6.45, 7) is 1.95. The summed E-state index contributed by atoms with van der Waals surface area (Å²) in [7, 11) is 0. The number of hydrogen-bond acceptors (Lipinski definition) is 2. The van der Waals surface area contributed by atoms with E-state index in [9.17, 15) is 0 Å². The van der Waals surface area contributed by atoms with E-state index in [4.69, 9.17) is 10.5 Å². The Labute approximate surface area is 102 Å². The molecule has 0 unspecified atom stereocenters. The summed E-state index contributed by atoms with van der Waals surface area (Å²) in [5.74, 6) is 0. The van der Waals surface area contributed by atoms with Crippen molar-refractivity contribution in [3.05, 3.63) is 40.4 Å². The van der Waals surface area contributed by atoms with Crippen molar-refractivity contribution in [2.45, 2.75) is 6.92 Å². The summed E-state index contributed by atoms with van der Waals surface area (Å²) < 4.78 is 2.13. The van der Waals surface area contributed by atoms with E-state index >= 15 is 0 Å². The van der Waals surface area contributed by atoms with Crippen LogP contribution in [-0.4, -0.2) is 29.9 Å². The molecule has 0 saturated heterocycles. The van der Waals surface area contributed by atoms with Gasteiger partial charge in [0.15, 0.2) is 0 Å². The molecule has 0 saturated carbocycles. The van der Waals surface area contributed by atoms with Crippen molar-refractivity contribution in [2.24, 2.45) is 0 Å². The van der Waals surface area contributed by atoms with Crippen LogP contribution in [0.4, 0.5) is 0 Å². The minimum absolute atomic E-state index is 0.149. The Balaban J connectivity index is 3.11. The summed E-state index contributed by atoms with van der Waals surface area (Å²) in [6, 6.07) is 9.84. The monoisotopic (exact) mass is 328 g/mol. The molecule has 0 aliphatic rings. The van der Waals surface area contributed by atoms with Crippen LogP contribution in [-0.2, 0) is 0 Å². The van der Waals surface area contributed by atoms with Gasteiger partial charge >= 0.3 is 102 Å². The van der Waals surface area contributed by atoms with Crippen LogP contribution >= 0.6 is 0 Å². The van der Waals surface area contributed by atoms with E-state index in [0.29, 0.717) is 0 Å². The Bertz CT molecular complexity index is 438. The first-order valence-electron chi connectivity index (χ1n) is 4.17. The number of nitriles is 2. The van der Waals surface area contributed by atoms with Gasteiger partial charge in [-0.2, -0.15) is 0 Å². The summed E-state index contributed by atoms with van der Waals surface area (Å²) >= 11 is -0.339. The van der Waals surface area contributed by atoms with Gasteiger partial charge in [-0.05, 0) is 0 Å². The maximum atomic E-state index is 8.78. The van der Waals surface area contributed by atoms with Crippen LogP contribution in [0.1, 0.15) is 12.5 Å². The molecule has 0 bridgehead atoms. The van der Waals surface area contributed by atoms with E-state index < -0.39 is 0 Å². The number of hydrogen-bond donors (Lipinski definition) is 0. The second-order valence-corrected chi connectivity index (χ2v) is 6.40. The van der Waals surface area contributed by atoms with Crippen molar-refractivity contribution in [2.75, 3.05) is 0 Å². The Morgan fingerprint density at radius 3 is 2.20 bits per heavy atom. The van der Waals surface area contributed by atoms with Crippen molar-refractivity contribution in [1.82, 2.24) is 0 Å². The van der Waals surface area contributed by atoms with Gasteiger partial charge in [0, 0.05) is 0 Å². The fraction of sp³-hybridized carbons (Fsp3) is 0.0909. The van der Waals surface area contributed by atoms with Gasteiger partial charge in [-0.25, -0.2) is 0 Å². The molecular formula is C11H8N2Se2. The van der Waals surface area contributed by atoms with Crippen LogP contribution in [0.15, 0.2) is 34.8 Å². The quantitative estimate of drug-likeness (QED) is 0.795. The van der Waals surface area contributed by atoms with Crippen molar-refractivity contribution in [1.29, 1.82) is 10.5 Å². The maximum absolute atomic E-state index is 8.78. The van der Waals surface area contributed by atoms with Gasteiger partial charge in [0.25, 0.3) is 0 Å². The summed E-state index contributed by atoms with van der Waals surface area (Å²) in [5.41, 5.74) is 1.08. The molecule has 0 N–H and O–H groups in total. The van der Waals surface area contributed by atoms with Gasteiger partial charge in [-0.3, -0.25) is 0 Å².